The first-order chi connectivity index (χ1) is 12.8. The van der Waals surface area contributed by atoms with Crippen LogP contribution in [-0.4, -0.2) is 36.0 Å². The number of nitrogens with two attached hydrogens (primary N) is 1. The van der Waals surface area contributed by atoms with Gasteiger partial charge in [0.05, 0.1) is 16.6 Å². The molecule has 0 atom stereocenters. The summed E-state index contributed by atoms with van der Waals surface area (Å²) in [4.78, 5) is 21.1. The van der Waals surface area contributed by atoms with Crippen molar-refractivity contribution in [3.63, 3.8) is 0 Å². The molecule has 9 heteroatoms. The maximum absolute atomic E-state index is 12.7. The van der Waals surface area contributed by atoms with Crippen LogP contribution in [0.1, 0.15) is 20.8 Å². The number of ether oxygens (including phenoxy) is 1. The van der Waals surface area contributed by atoms with E-state index in [1.54, 1.807) is 10.9 Å². The lowest BCUT2D eigenvalue weighted by molar-refractivity contribution is 0.0544. The van der Waals surface area contributed by atoms with Crippen molar-refractivity contribution in [2.75, 3.05) is 5.73 Å². The molecular formula is C18H17IN6O2. The minimum absolute atomic E-state index is 0.367. The lowest BCUT2D eigenvalue weighted by Gasteiger charge is -2.19. The van der Waals surface area contributed by atoms with Crippen molar-refractivity contribution in [1.29, 1.82) is 0 Å². The third kappa shape index (κ3) is 3.01. The molecule has 0 spiro atoms. The van der Waals surface area contributed by atoms with Crippen molar-refractivity contribution in [2.24, 2.45) is 0 Å². The third-order valence-electron chi connectivity index (χ3n) is 3.96. The Kier molecular flexibility index (Phi) is 4.06. The van der Waals surface area contributed by atoms with Crippen LogP contribution in [0, 0.1) is 3.70 Å². The van der Waals surface area contributed by atoms with E-state index in [9.17, 15) is 4.79 Å². The van der Waals surface area contributed by atoms with Gasteiger partial charge in [-0.2, -0.15) is 5.10 Å². The summed E-state index contributed by atoms with van der Waals surface area (Å²) in [5, 5.41) is 6.11. The molecule has 138 valence electrons. The molecule has 0 saturated heterocycles. The first-order valence-electron chi connectivity index (χ1n) is 8.25. The fraction of sp³-hybridized carbons (Fsp3) is 0.222. The minimum Gasteiger partial charge on any atom is -0.443 e. The molecule has 1 aromatic carbocycles. The number of halogens is 1. The van der Waals surface area contributed by atoms with E-state index in [2.05, 4.69) is 37.7 Å². The Labute approximate surface area is 168 Å². The fourth-order valence-corrected chi connectivity index (χ4v) is 3.63. The van der Waals surface area contributed by atoms with Gasteiger partial charge in [0.2, 0.25) is 0 Å². The van der Waals surface area contributed by atoms with Crippen molar-refractivity contribution in [1.82, 2.24) is 24.3 Å². The average Bonchev–Trinajstić information content (AvgIpc) is 3.12. The molecule has 2 N–H and O–H groups in total. The van der Waals surface area contributed by atoms with E-state index in [0.29, 0.717) is 26.2 Å². The van der Waals surface area contributed by atoms with Gasteiger partial charge in [-0.3, -0.25) is 4.57 Å². The van der Waals surface area contributed by atoms with Crippen LogP contribution >= 0.6 is 22.6 Å². The van der Waals surface area contributed by atoms with Gasteiger partial charge in [0.1, 0.15) is 21.4 Å². The van der Waals surface area contributed by atoms with Crippen LogP contribution in [-0.2, 0) is 4.74 Å². The van der Waals surface area contributed by atoms with Crippen molar-refractivity contribution in [3.8, 4) is 5.69 Å². The van der Waals surface area contributed by atoms with Crippen LogP contribution in [0.2, 0.25) is 0 Å². The lowest BCUT2D eigenvalue weighted by atomic mass is 10.2. The number of carbonyl (C=O) groups is 1. The van der Waals surface area contributed by atoms with Crippen molar-refractivity contribution < 1.29 is 9.53 Å². The van der Waals surface area contributed by atoms with Crippen LogP contribution < -0.4 is 5.73 Å². The Morgan fingerprint density at radius 1 is 1.22 bits per heavy atom. The molecule has 0 bridgehead atoms. The van der Waals surface area contributed by atoms with Crippen LogP contribution in [0.5, 0.6) is 0 Å². The SMILES string of the molecule is CC(C)(C)OC(=O)n1cc(-n2nc(I)c3c(N)ncnc32)c2ccccc21. The van der Waals surface area contributed by atoms with Gasteiger partial charge in [-0.05, 0) is 49.4 Å². The van der Waals surface area contributed by atoms with Gasteiger partial charge in [0, 0.05) is 11.6 Å². The standard InChI is InChI=1S/C18H17IN6O2/c1-18(2,3)27-17(26)24-8-12(10-6-4-5-7-11(10)24)25-16-13(14(19)23-25)15(20)21-9-22-16/h4-9H,1-3H3,(H2,20,21,22). The molecule has 0 aliphatic rings. The number of para-hydroxylation sites is 1. The summed E-state index contributed by atoms with van der Waals surface area (Å²) in [7, 11) is 0. The molecule has 3 heterocycles. The molecule has 4 rings (SSSR count). The number of nitrogens with zero attached hydrogens (tertiary/aromatic N) is 5. The summed E-state index contributed by atoms with van der Waals surface area (Å²) >= 11 is 2.10. The normalized spacial score (nSPS) is 12.0. The quantitative estimate of drug-likeness (QED) is 0.420. The Morgan fingerprint density at radius 2 is 1.96 bits per heavy atom. The Morgan fingerprint density at radius 3 is 2.70 bits per heavy atom. The van der Waals surface area contributed by atoms with E-state index < -0.39 is 11.7 Å². The highest BCUT2D eigenvalue weighted by Crippen LogP contribution is 2.30. The molecule has 0 radical (unpaired) electrons. The van der Waals surface area contributed by atoms with E-state index in [-0.39, 0.29) is 0 Å². The van der Waals surface area contributed by atoms with Crippen molar-refractivity contribution >= 4 is 56.4 Å². The number of anilines is 1. The van der Waals surface area contributed by atoms with E-state index in [1.807, 2.05) is 45.0 Å². The second kappa shape index (κ2) is 6.19. The van der Waals surface area contributed by atoms with E-state index in [4.69, 9.17) is 10.5 Å². The van der Waals surface area contributed by atoms with Crippen LogP contribution in [0.15, 0.2) is 36.8 Å². The van der Waals surface area contributed by atoms with Crippen molar-refractivity contribution in [2.45, 2.75) is 26.4 Å². The summed E-state index contributed by atoms with van der Waals surface area (Å²) in [6, 6.07) is 7.57. The second-order valence-corrected chi connectivity index (χ2v) is 8.06. The Bertz CT molecular complexity index is 1190. The van der Waals surface area contributed by atoms with Gasteiger partial charge in [0.15, 0.2) is 5.65 Å². The molecule has 4 aromatic rings. The first-order valence-corrected chi connectivity index (χ1v) is 9.32. The molecule has 8 nitrogen and oxygen atoms in total. The maximum atomic E-state index is 12.7. The molecule has 0 amide bonds. The largest absolute Gasteiger partial charge is 0.443 e. The highest BCUT2D eigenvalue weighted by Gasteiger charge is 2.23. The monoisotopic (exact) mass is 476 g/mol. The first kappa shape index (κ1) is 17.7. The lowest BCUT2D eigenvalue weighted by Crippen LogP contribution is -2.26. The molecule has 0 fully saturated rings. The van der Waals surface area contributed by atoms with Gasteiger partial charge in [-0.1, -0.05) is 18.2 Å². The molecule has 0 saturated carbocycles. The smallest absolute Gasteiger partial charge is 0.419 e. The number of hydrogen-bond donors (Lipinski definition) is 1. The summed E-state index contributed by atoms with van der Waals surface area (Å²) in [6.07, 6.45) is 2.66. The zero-order chi connectivity index (χ0) is 19.3. The molecule has 0 aliphatic heterocycles. The topological polar surface area (TPSA) is 101 Å². The van der Waals surface area contributed by atoms with Crippen molar-refractivity contribution in [3.05, 3.63) is 40.5 Å². The zero-order valence-electron chi connectivity index (χ0n) is 15.0. The molecule has 0 aliphatic carbocycles. The van der Waals surface area contributed by atoms with Crippen LogP contribution in [0.4, 0.5) is 10.6 Å². The predicted octanol–water partition coefficient (Wildman–Crippen LogP) is 3.74. The summed E-state index contributed by atoms with van der Waals surface area (Å²) in [5.74, 6) is 0.367. The second-order valence-electron chi connectivity index (χ2n) is 7.04. The number of carbonyl (C=O) groups excluding carboxylic acids is 1. The number of aromatic nitrogens is 5. The Balaban J connectivity index is 1.97. The van der Waals surface area contributed by atoms with Gasteiger partial charge in [0.25, 0.3) is 0 Å². The van der Waals surface area contributed by atoms with Gasteiger partial charge in [-0.25, -0.2) is 19.4 Å². The number of fused-ring (bicyclic) bond motifs is 2. The highest BCUT2D eigenvalue weighted by molar-refractivity contribution is 14.1. The number of rotatable bonds is 1. The van der Waals surface area contributed by atoms with Gasteiger partial charge >= 0.3 is 6.09 Å². The summed E-state index contributed by atoms with van der Waals surface area (Å²) in [6.45, 7) is 5.50. The third-order valence-corrected chi connectivity index (χ3v) is 4.72. The van der Waals surface area contributed by atoms with Crippen LogP contribution in [0.3, 0.4) is 0 Å². The van der Waals surface area contributed by atoms with Gasteiger partial charge < -0.3 is 10.5 Å². The molecule has 0 unspecified atom stereocenters. The molecular weight excluding hydrogens is 459 g/mol. The zero-order valence-corrected chi connectivity index (χ0v) is 17.1. The van der Waals surface area contributed by atoms with E-state index >= 15 is 0 Å². The molecule has 27 heavy (non-hydrogen) atoms. The van der Waals surface area contributed by atoms with Crippen LogP contribution in [0.25, 0.3) is 27.6 Å². The number of nitrogen functional groups attached to an aromatic ring is 1. The van der Waals surface area contributed by atoms with E-state index in [0.717, 1.165) is 10.9 Å². The highest BCUT2D eigenvalue weighted by atomic mass is 127. The fourth-order valence-electron chi connectivity index (χ4n) is 2.89. The summed E-state index contributed by atoms with van der Waals surface area (Å²) in [5.41, 5.74) is 7.41. The number of benzene rings is 1. The van der Waals surface area contributed by atoms with E-state index in [1.165, 1.54) is 10.9 Å². The molecule has 3 aromatic heterocycles. The number of hydrogen-bond acceptors (Lipinski definition) is 6. The average molecular weight is 476 g/mol. The van der Waals surface area contributed by atoms with Gasteiger partial charge in [-0.15, -0.1) is 0 Å². The maximum Gasteiger partial charge on any atom is 0.419 e. The Hall–Kier alpha value is -2.69. The summed E-state index contributed by atoms with van der Waals surface area (Å²) < 4.78 is 9.40. The minimum atomic E-state index is -0.599. The predicted molar refractivity (Wildman–Crippen MR) is 111 cm³/mol.